The summed E-state index contributed by atoms with van der Waals surface area (Å²) in [5, 5.41) is 5.20. The first kappa shape index (κ1) is 14.8. The van der Waals surface area contributed by atoms with Crippen molar-refractivity contribution in [2.24, 2.45) is 5.73 Å². The van der Waals surface area contributed by atoms with Gasteiger partial charge in [-0.2, -0.15) is 11.8 Å². The Labute approximate surface area is 111 Å². The van der Waals surface area contributed by atoms with Crippen molar-refractivity contribution in [2.75, 3.05) is 24.7 Å². The standard InChI is InChI=1S/C11H19N3O3S/c1-3-17-10(15)8-4-13-11(16)14-9(8)6-18-5-7(2)12/h7H,3-6,12H2,1-2H3,(H2,13,14,16). The fourth-order valence-electron chi connectivity index (χ4n) is 1.42. The lowest BCUT2D eigenvalue weighted by atomic mass is 10.2. The van der Waals surface area contributed by atoms with Gasteiger partial charge in [-0.1, -0.05) is 0 Å². The van der Waals surface area contributed by atoms with Gasteiger partial charge in [-0.05, 0) is 13.8 Å². The topological polar surface area (TPSA) is 93.4 Å². The van der Waals surface area contributed by atoms with Gasteiger partial charge in [-0.25, -0.2) is 9.59 Å². The molecule has 1 aliphatic rings. The summed E-state index contributed by atoms with van der Waals surface area (Å²) < 4.78 is 4.95. The van der Waals surface area contributed by atoms with Gasteiger partial charge in [0.15, 0.2) is 0 Å². The van der Waals surface area contributed by atoms with Crippen LogP contribution in [0.25, 0.3) is 0 Å². The molecule has 1 rings (SSSR count). The van der Waals surface area contributed by atoms with E-state index >= 15 is 0 Å². The van der Waals surface area contributed by atoms with Crippen molar-refractivity contribution < 1.29 is 14.3 Å². The Bertz CT molecular complexity index is 355. The molecule has 1 unspecified atom stereocenters. The van der Waals surface area contributed by atoms with Crippen LogP contribution in [-0.4, -0.2) is 42.7 Å². The minimum Gasteiger partial charge on any atom is -0.463 e. The third kappa shape index (κ3) is 4.58. The highest BCUT2D eigenvalue weighted by molar-refractivity contribution is 7.99. The summed E-state index contributed by atoms with van der Waals surface area (Å²) in [5.74, 6) is 0.924. The van der Waals surface area contributed by atoms with E-state index in [9.17, 15) is 9.59 Å². The van der Waals surface area contributed by atoms with Crippen LogP contribution in [0.15, 0.2) is 11.3 Å². The zero-order chi connectivity index (χ0) is 13.5. The largest absolute Gasteiger partial charge is 0.463 e. The van der Waals surface area contributed by atoms with Crippen molar-refractivity contribution in [3.05, 3.63) is 11.3 Å². The SMILES string of the molecule is CCOC(=O)C1=C(CSCC(C)N)NC(=O)NC1. The summed E-state index contributed by atoms with van der Waals surface area (Å²) >= 11 is 1.58. The van der Waals surface area contributed by atoms with E-state index in [1.165, 1.54) is 0 Å². The Morgan fingerprint density at radius 1 is 1.61 bits per heavy atom. The van der Waals surface area contributed by atoms with Crippen LogP contribution >= 0.6 is 11.8 Å². The number of nitrogens with two attached hydrogens (primary N) is 1. The molecule has 0 bridgehead atoms. The average molecular weight is 273 g/mol. The van der Waals surface area contributed by atoms with E-state index in [0.717, 1.165) is 5.75 Å². The van der Waals surface area contributed by atoms with Gasteiger partial charge in [0.1, 0.15) is 0 Å². The second-order valence-electron chi connectivity index (χ2n) is 3.98. The molecule has 0 aromatic rings. The zero-order valence-electron chi connectivity index (χ0n) is 10.6. The van der Waals surface area contributed by atoms with Crippen LogP contribution < -0.4 is 16.4 Å². The molecule has 4 N–H and O–H groups in total. The van der Waals surface area contributed by atoms with Crippen LogP contribution in [0, 0.1) is 0 Å². The Balaban J connectivity index is 2.69. The van der Waals surface area contributed by atoms with E-state index in [0.29, 0.717) is 23.6 Å². The van der Waals surface area contributed by atoms with Crippen LogP contribution in [0.2, 0.25) is 0 Å². The van der Waals surface area contributed by atoms with Crippen molar-refractivity contribution in [3.63, 3.8) is 0 Å². The molecule has 0 spiro atoms. The molecule has 0 fully saturated rings. The molecular weight excluding hydrogens is 254 g/mol. The third-order valence-electron chi connectivity index (χ3n) is 2.20. The normalized spacial score (nSPS) is 16.9. The highest BCUT2D eigenvalue weighted by Crippen LogP contribution is 2.14. The van der Waals surface area contributed by atoms with E-state index in [2.05, 4.69) is 10.6 Å². The van der Waals surface area contributed by atoms with Gasteiger partial charge < -0.3 is 21.1 Å². The molecule has 7 heteroatoms. The number of hydrogen-bond acceptors (Lipinski definition) is 5. The molecule has 102 valence electrons. The van der Waals surface area contributed by atoms with Crippen LogP contribution in [0.5, 0.6) is 0 Å². The van der Waals surface area contributed by atoms with Crippen molar-refractivity contribution in [1.82, 2.24) is 10.6 Å². The van der Waals surface area contributed by atoms with Crippen molar-refractivity contribution >= 4 is 23.8 Å². The summed E-state index contributed by atoms with van der Waals surface area (Å²) in [6, 6.07) is -0.210. The van der Waals surface area contributed by atoms with Gasteiger partial charge in [-0.3, -0.25) is 0 Å². The van der Waals surface area contributed by atoms with Gasteiger partial charge in [0.05, 0.1) is 18.7 Å². The number of ether oxygens (including phenoxy) is 1. The number of thioether (sulfide) groups is 1. The minimum atomic E-state index is -0.388. The monoisotopic (exact) mass is 273 g/mol. The lowest BCUT2D eigenvalue weighted by molar-refractivity contribution is -0.138. The number of carbonyl (C=O) groups is 2. The molecule has 0 aromatic heterocycles. The highest BCUT2D eigenvalue weighted by atomic mass is 32.2. The van der Waals surface area contributed by atoms with Gasteiger partial charge in [-0.15, -0.1) is 0 Å². The summed E-state index contributed by atoms with van der Waals surface area (Å²) in [7, 11) is 0. The van der Waals surface area contributed by atoms with Crippen molar-refractivity contribution in [2.45, 2.75) is 19.9 Å². The Kier molecular flexibility index (Phi) is 6.00. The highest BCUT2D eigenvalue weighted by Gasteiger charge is 2.23. The minimum absolute atomic E-state index is 0.0825. The first-order valence-electron chi connectivity index (χ1n) is 5.82. The van der Waals surface area contributed by atoms with E-state index in [4.69, 9.17) is 10.5 Å². The van der Waals surface area contributed by atoms with E-state index in [1.807, 2.05) is 6.92 Å². The number of rotatable bonds is 6. The third-order valence-corrected chi connectivity index (χ3v) is 3.46. The summed E-state index contributed by atoms with van der Waals surface area (Å²) in [4.78, 5) is 23.0. The predicted octanol–water partition coefficient (Wildman–Crippen LogP) is 0.197. The average Bonchev–Trinajstić information content (AvgIpc) is 2.29. The molecule has 0 radical (unpaired) electrons. The van der Waals surface area contributed by atoms with Crippen LogP contribution in [0.1, 0.15) is 13.8 Å². The number of nitrogens with one attached hydrogen (secondary N) is 2. The van der Waals surface area contributed by atoms with E-state index in [-0.39, 0.29) is 24.6 Å². The molecule has 18 heavy (non-hydrogen) atoms. The van der Waals surface area contributed by atoms with Crippen LogP contribution in [0.3, 0.4) is 0 Å². The maximum Gasteiger partial charge on any atom is 0.337 e. The maximum absolute atomic E-state index is 11.7. The van der Waals surface area contributed by atoms with E-state index < -0.39 is 0 Å². The number of urea groups is 1. The van der Waals surface area contributed by atoms with E-state index in [1.54, 1.807) is 18.7 Å². The second-order valence-corrected chi connectivity index (χ2v) is 5.01. The Hall–Kier alpha value is -1.21. The molecular formula is C11H19N3O3S. The molecule has 0 aliphatic carbocycles. The molecule has 1 atom stereocenters. The van der Waals surface area contributed by atoms with Crippen LogP contribution in [0.4, 0.5) is 4.79 Å². The zero-order valence-corrected chi connectivity index (χ0v) is 11.4. The number of esters is 1. The van der Waals surface area contributed by atoms with Gasteiger partial charge in [0.2, 0.25) is 0 Å². The molecule has 0 saturated heterocycles. The molecule has 1 aliphatic heterocycles. The number of amides is 2. The first-order chi connectivity index (χ1) is 8.54. The molecule has 0 saturated carbocycles. The van der Waals surface area contributed by atoms with Gasteiger partial charge >= 0.3 is 12.0 Å². The molecule has 6 nitrogen and oxygen atoms in total. The van der Waals surface area contributed by atoms with Crippen LogP contribution in [-0.2, 0) is 9.53 Å². The lowest BCUT2D eigenvalue weighted by Gasteiger charge is -2.21. The smallest absolute Gasteiger partial charge is 0.337 e. The predicted molar refractivity (Wildman–Crippen MR) is 71.2 cm³/mol. The molecule has 0 aromatic carbocycles. The Morgan fingerprint density at radius 3 is 2.94 bits per heavy atom. The quantitative estimate of drug-likeness (QED) is 0.601. The molecule has 2 amide bonds. The summed E-state index contributed by atoms with van der Waals surface area (Å²) in [6.45, 7) is 4.18. The summed E-state index contributed by atoms with van der Waals surface area (Å²) in [6.07, 6.45) is 0. The van der Waals surface area contributed by atoms with Crippen molar-refractivity contribution in [1.29, 1.82) is 0 Å². The fourth-order valence-corrected chi connectivity index (χ4v) is 2.36. The Morgan fingerprint density at radius 2 is 2.33 bits per heavy atom. The lowest BCUT2D eigenvalue weighted by Crippen LogP contribution is -2.44. The first-order valence-corrected chi connectivity index (χ1v) is 6.97. The second kappa shape index (κ2) is 7.27. The number of hydrogen-bond donors (Lipinski definition) is 3. The van der Waals surface area contributed by atoms with Gasteiger partial charge in [0, 0.05) is 23.2 Å². The molecule has 1 heterocycles. The fraction of sp³-hybridized carbons (Fsp3) is 0.636. The van der Waals surface area contributed by atoms with Gasteiger partial charge in [0.25, 0.3) is 0 Å². The summed E-state index contributed by atoms with van der Waals surface area (Å²) in [5.41, 5.74) is 6.74. The number of carbonyl (C=O) groups excluding carboxylic acids is 2. The maximum atomic E-state index is 11.7. The van der Waals surface area contributed by atoms with Crippen molar-refractivity contribution in [3.8, 4) is 0 Å².